The monoisotopic (exact) mass is 477 g/mol. The Morgan fingerprint density at radius 3 is 2.26 bits per heavy atom. The van der Waals surface area contributed by atoms with Crippen molar-refractivity contribution in [1.82, 2.24) is 9.55 Å². The van der Waals surface area contributed by atoms with Crippen LogP contribution in [0.5, 0.6) is 0 Å². The van der Waals surface area contributed by atoms with E-state index in [0.717, 1.165) is 37.2 Å². The molecule has 0 unspecified atom stereocenters. The van der Waals surface area contributed by atoms with Crippen LogP contribution in [0.2, 0.25) is 0 Å². The Morgan fingerprint density at radius 1 is 1.06 bits per heavy atom. The Bertz CT molecular complexity index is 1250. The maximum atomic E-state index is 15.2. The molecule has 3 aromatic rings. The molecule has 0 radical (unpaired) electrons. The summed E-state index contributed by atoms with van der Waals surface area (Å²) in [5.74, 6) is -0.105. The van der Waals surface area contributed by atoms with Crippen LogP contribution in [0.3, 0.4) is 0 Å². The van der Waals surface area contributed by atoms with Crippen molar-refractivity contribution in [2.24, 2.45) is 5.92 Å². The predicted octanol–water partition coefficient (Wildman–Crippen LogP) is 4.81. The van der Waals surface area contributed by atoms with Crippen LogP contribution in [0.25, 0.3) is 11.0 Å². The molecule has 5 rings (SSSR count). The number of hydrogen-bond donors (Lipinski definition) is 0. The third-order valence-electron chi connectivity index (χ3n) is 7.72. The third kappa shape index (κ3) is 4.13. The fourth-order valence-corrected chi connectivity index (χ4v) is 5.28. The van der Waals surface area contributed by atoms with Crippen molar-refractivity contribution in [3.05, 3.63) is 53.5 Å². The van der Waals surface area contributed by atoms with Gasteiger partial charge in [-0.3, -0.25) is 0 Å². The highest BCUT2D eigenvalue weighted by molar-refractivity contribution is 5.85. The van der Waals surface area contributed by atoms with Crippen molar-refractivity contribution < 1.29 is 13.9 Å². The largest absolute Gasteiger partial charge is 0.368 e. The van der Waals surface area contributed by atoms with Gasteiger partial charge in [-0.05, 0) is 43.9 Å². The van der Waals surface area contributed by atoms with Crippen LogP contribution >= 0.6 is 0 Å². The fraction of sp³-hybridized carbons (Fsp3) is 0.481. The standard InChI is InChI=1S/C27H32FN5O2/c1-18-13-22(14-18)33-17-19(16-29)23-15-24(28)26(30-25(23)33)32-11-9-31(10-12-32)21-7-5-20(6-8-21)27(2,34-3)35-4/h5-8,15,17-18,22H,9-14H2,1-4H3. The lowest BCUT2D eigenvalue weighted by atomic mass is 9.82. The zero-order chi connectivity index (χ0) is 24.7. The second-order valence-electron chi connectivity index (χ2n) is 9.83. The van der Waals surface area contributed by atoms with E-state index < -0.39 is 5.79 Å². The van der Waals surface area contributed by atoms with Crippen molar-refractivity contribution in [2.75, 3.05) is 50.2 Å². The summed E-state index contributed by atoms with van der Waals surface area (Å²) >= 11 is 0. The first-order valence-corrected chi connectivity index (χ1v) is 12.2. The molecule has 1 saturated carbocycles. The number of piperazine rings is 1. The smallest absolute Gasteiger partial charge is 0.191 e. The zero-order valence-electron chi connectivity index (χ0n) is 20.8. The number of fused-ring (bicyclic) bond motifs is 1. The van der Waals surface area contributed by atoms with Crippen LogP contribution in [0, 0.1) is 23.1 Å². The van der Waals surface area contributed by atoms with Crippen molar-refractivity contribution in [3.8, 4) is 6.07 Å². The number of halogens is 1. The highest BCUT2D eigenvalue weighted by Crippen LogP contribution is 2.40. The first kappa shape index (κ1) is 23.6. The quantitative estimate of drug-likeness (QED) is 0.475. The SMILES string of the molecule is COC(C)(OC)c1ccc(N2CCN(c3nc4c(cc3F)c(C#N)cn4C3CC(C)C3)CC2)cc1. The summed E-state index contributed by atoms with van der Waals surface area (Å²) in [6.07, 6.45) is 3.97. The summed E-state index contributed by atoms with van der Waals surface area (Å²) in [5, 5.41) is 10.2. The minimum Gasteiger partial charge on any atom is -0.368 e. The lowest BCUT2D eigenvalue weighted by Crippen LogP contribution is -2.47. The van der Waals surface area contributed by atoms with Gasteiger partial charge in [-0.2, -0.15) is 5.26 Å². The number of hydrogen-bond acceptors (Lipinski definition) is 6. The molecule has 0 bridgehead atoms. The van der Waals surface area contributed by atoms with Gasteiger partial charge in [-0.1, -0.05) is 19.1 Å². The van der Waals surface area contributed by atoms with E-state index in [0.29, 0.717) is 47.5 Å². The molecule has 0 amide bonds. The second-order valence-corrected chi connectivity index (χ2v) is 9.83. The maximum Gasteiger partial charge on any atom is 0.191 e. The number of aromatic nitrogens is 2. The molecule has 2 aliphatic rings. The lowest BCUT2D eigenvalue weighted by molar-refractivity contribution is -0.201. The molecule has 1 aromatic carbocycles. The number of benzene rings is 1. The molecule has 0 N–H and O–H groups in total. The molecular weight excluding hydrogens is 445 g/mol. The van der Waals surface area contributed by atoms with Crippen LogP contribution < -0.4 is 9.80 Å². The Balaban J connectivity index is 1.34. The number of pyridine rings is 1. The molecule has 2 aromatic heterocycles. The van der Waals surface area contributed by atoms with E-state index in [1.165, 1.54) is 6.07 Å². The molecule has 1 aliphatic carbocycles. The zero-order valence-corrected chi connectivity index (χ0v) is 20.8. The number of ether oxygens (including phenoxy) is 2. The van der Waals surface area contributed by atoms with E-state index >= 15 is 4.39 Å². The highest BCUT2D eigenvalue weighted by Gasteiger charge is 2.30. The molecule has 1 saturated heterocycles. The van der Waals surface area contributed by atoms with Gasteiger partial charge in [0, 0.05) is 69.3 Å². The van der Waals surface area contributed by atoms with Crippen LogP contribution in [0.1, 0.15) is 43.9 Å². The molecule has 7 nitrogen and oxygen atoms in total. The molecule has 184 valence electrons. The number of anilines is 2. The number of rotatable bonds is 6. The Labute approximate surface area is 205 Å². The topological polar surface area (TPSA) is 66.6 Å². The summed E-state index contributed by atoms with van der Waals surface area (Å²) in [4.78, 5) is 9.07. The van der Waals surface area contributed by atoms with Crippen molar-refractivity contribution in [1.29, 1.82) is 5.26 Å². The summed E-state index contributed by atoms with van der Waals surface area (Å²) < 4.78 is 28.3. The van der Waals surface area contributed by atoms with E-state index in [9.17, 15) is 5.26 Å². The molecule has 35 heavy (non-hydrogen) atoms. The Hall–Kier alpha value is -3.15. The maximum absolute atomic E-state index is 15.2. The van der Waals surface area contributed by atoms with Gasteiger partial charge < -0.3 is 23.8 Å². The molecular formula is C27H32FN5O2. The van der Waals surface area contributed by atoms with Gasteiger partial charge in [0.2, 0.25) is 0 Å². The molecule has 8 heteroatoms. The van der Waals surface area contributed by atoms with Crippen LogP contribution in [-0.2, 0) is 15.3 Å². The van der Waals surface area contributed by atoms with Gasteiger partial charge in [-0.25, -0.2) is 9.37 Å². The first-order valence-electron chi connectivity index (χ1n) is 12.2. The fourth-order valence-electron chi connectivity index (χ4n) is 5.28. The lowest BCUT2D eigenvalue weighted by Gasteiger charge is -2.37. The molecule has 2 fully saturated rings. The van der Waals surface area contributed by atoms with Crippen molar-refractivity contribution in [2.45, 2.75) is 38.5 Å². The molecule has 1 aliphatic heterocycles. The minimum absolute atomic E-state index is 0.332. The van der Waals surface area contributed by atoms with E-state index in [1.807, 2.05) is 30.2 Å². The summed E-state index contributed by atoms with van der Waals surface area (Å²) in [6, 6.07) is 12.2. The Morgan fingerprint density at radius 2 is 1.69 bits per heavy atom. The Kier molecular flexibility index (Phi) is 6.16. The average Bonchev–Trinajstić information content (AvgIpc) is 3.23. The van der Waals surface area contributed by atoms with Gasteiger partial charge >= 0.3 is 0 Å². The van der Waals surface area contributed by atoms with E-state index in [4.69, 9.17) is 14.5 Å². The first-order chi connectivity index (χ1) is 16.9. The number of nitrogens with zero attached hydrogens (tertiary/aromatic N) is 5. The van der Waals surface area contributed by atoms with Crippen LogP contribution in [0.4, 0.5) is 15.9 Å². The number of nitriles is 1. The van der Waals surface area contributed by atoms with Gasteiger partial charge in [0.25, 0.3) is 0 Å². The van der Waals surface area contributed by atoms with Crippen LogP contribution in [-0.4, -0.2) is 49.9 Å². The summed E-state index contributed by atoms with van der Waals surface area (Å²) in [6.45, 7) is 6.96. The number of methoxy groups -OCH3 is 2. The third-order valence-corrected chi connectivity index (χ3v) is 7.72. The van der Waals surface area contributed by atoms with E-state index in [-0.39, 0.29) is 5.82 Å². The molecule has 0 atom stereocenters. The minimum atomic E-state index is -0.778. The molecule has 3 heterocycles. The van der Waals surface area contributed by atoms with Gasteiger partial charge in [0.05, 0.1) is 5.56 Å². The van der Waals surface area contributed by atoms with Crippen LogP contribution in [0.15, 0.2) is 36.5 Å². The predicted molar refractivity (Wildman–Crippen MR) is 134 cm³/mol. The normalized spacial score (nSPS) is 20.7. The molecule has 0 spiro atoms. The van der Waals surface area contributed by atoms with Gasteiger partial charge in [0.1, 0.15) is 11.7 Å². The van der Waals surface area contributed by atoms with Gasteiger partial charge in [-0.15, -0.1) is 0 Å². The van der Waals surface area contributed by atoms with Crippen molar-refractivity contribution in [3.63, 3.8) is 0 Å². The summed E-state index contributed by atoms with van der Waals surface area (Å²) in [5.41, 5.74) is 3.26. The highest BCUT2D eigenvalue weighted by atomic mass is 19.1. The van der Waals surface area contributed by atoms with Crippen molar-refractivity contribution >= 4 is 22.5 Å². The second kappa shape index (κ2) is 9.14. The average molecular weight is 478 g/mol. The summed E-state index contributed by atoms with van der Waals surface area (Å²) in [7, 11) is 3.26. The van der Waals surface area contributed by atoms with E-state index in [2.05, 4.69) is 34.6 Å². The van der Waals surface area contributed by atoms with Gasteiger partial charge in [0.15, 0.2) is 17.4 Å². The van der Waals surface area contributed by atoms with E-state index in [1.54, 1.807) is 14.2 Å².